The first kappa shape index (κ1) is 77.3. The molecule has 1 aliphatic heterocycles. The van der Waals surface area contributed by atoms with Crippen LogP contribution in [0.5, 0.6) is 0 Å². The summed E-state index contributed by atoms with van der Waals surface area (Å²) in [5.74, 6) is -3.48. The Hall–Kier alpha value is 2.74. The monoisotopic (exact) mass is 1250 g/mol. The van der Waals surface area contributed by atoms with E-state index in [0.29, 0.717) is 78.5 Å². The molecular formula is C22H58Gd4N4O15+4. The summed E-state index contributed by atoms with van der Waals surface area (Å²) in [6, 6.07) is 0. The van der Waals surface area contributed by atoms with Crippen molar-refractivity contribution in [3.8, 4) is 0 Å². The van der Waals surface area contributed by atoms with Gasteiger partial charge in [0, 0.05) is 212 Å². The molecule has 45 heavy (non-hydrogen) atoms. The van der Waals surface area contributed by atoms with E-state index in [-0.39, 0.29) is 224 Å². The number of nitrogens with zero attached hydrogens (tertiary/aromatic N) is 4. The van der Waals surface area contributed by atoms with Crippen molar-refractivity contribution in [3.05, 3.63) is 0 Å². The van der Waals surface area contributed by atoms with E-state index < -0.39 is 23.9 Å². The van der Waals surface area contributed by atoms with Crippen LogP contribution < -0.4 is 0 Å². The molecule has 284 valence electrons. The second-order valence-electron chi connectivity index (χ2n) is 8.65. The molecule has 0 unspecified atom stereocenters. The molecule has 0 aromatic carbocycles. The van der Waals surface area contributed by atoms with Crippen LogP contribution >= 0.6 is 0 Å². The van der Waals surface area contributed by atoms with Crippen molar-refractivity contribution in [2.45, 2.75) is 38.5 Å². The molecule has 0 aliphatic carbocycles. The van der Waals surface area contributed by atoms with Crippen LogP contribution in [0, 0.1) is 160 Å². The van der Waals surface area contributed by atoms with Gasteiger partial charge in [-0.3, -0.25) is 19.2 Å². The fourth-order valence-electron chi connectivity index (χ4n) is 3.96. The van der Waals surface area contributed by atoms with Gasteiger partial charge in [0.15, 0.2) is 0 Å². The van der Waals surface area contributed by atoms with Gasteiger partial charge in [-0.15, -0.1) is 0 Å². The van der Waals surface area contributed by atoms with E-state index in [4.69, 9.17) is 20.4 Å². The molecule has 0 aromatic heterocycles. The average molecular weight is 1250 g/mol. The smallest absolute Gasteiger partial charge is 0.304 e. The van der Waals surface area contributed by atoms with Crippen LogP contribution in [0.25, 0.3) is 0 Å². The zero-order chi connectivity index (χ0) is 25.3. The van der Waals surface area contributed by atoms with E-state index in [0.717, 1.165) is 12.8 Å². The van der Waals surface area contributed by atoms with Crippen molar-refractivity contribution in [2.75, 3.05) is 78.5 Å². The molecule has 19 nitrogen and oxygen atoms in total. The third kappa shape index (κ3) is 46.7. The molecule has 22 N–H and O–H groups in total. The number of rotatable bonds is 12. The largest absolute Gasteiger partial charge is 0.481 e. The number of hydrogen-bond acceptors (Lipinski definition) is 8. The Kier molecular flexibility index (Phi) is 83.9. The molecule has 0 saturated carbocycles. The number of carbonyl (C=O) groups is 4. The summed E-state index contributed by atoms with van der Waals surface area (Å²) in [4.78, 5) is 52.5. The summed E-state index contributed by atoms with van der Waals surface area (Å²) in [6.07, 6.45) is 1.58. The molecule has 1 saturated heterocycles. The van der Waals surface area contributed by atoms with E-state index in [1.807, 2.05) is 0 Å². The Labute approximate surface area is 391 Å². The zero-order valence-corrected chi connectivity index (χ0v) is 34.2. The van der Waals surface area contributed by atoms with Gasteiger partial charge in [0.25, 0.3) is 0 Å². The first-order chi connectivity index (χ1) is 16.2. The minimum Gasteiger partial charge on any atom is -0.481 e. The molecule has 0 atom stereocenters. The minimum atomic E-state index is -0.869. The molecule has 23 heteroatoms. The van der Waals surface area contributed by atoms with Gasteiger partial charge in [0.2, 0.25) is 0 Å². The summed E-state index contributed by atoms with van der Waals surface area (Å²) in [6.45, 7) is 6.71. The maximum Gasteiger partial charge on any atom is 0.304 e. The SMILES string of the molecule is O.O.O.O=C(O)CCN1CCCN(CCC(=O)O)CCN(CCC(=O)O)CCCN(CCC(=O)O)CC1.[Gd].[Gd].[Gd].[Gd].[OH3+].[OH3+].[OH3+].[OH3+]. The third-order valence-electron chi connectivity index (χ3n) is 5.93. The van der Waals surface area contributed by atoms with Crippen LogP contribution in [0.3, 0.4) is 0 Å². The quantitative estimate of drug-likeness (QED) is 0.133. The van der Waals surface area contributed by atoms with E-state index in [1.165, 1.54) is 0 Å². The molecule has 0 bridgehead atoms. The Balaban J connectivity index is -0.000000117. The Bertz CT molecular complexity index is 574. The molecule has 1 aliphatic rings. The van der Waals surface area contributed by atoms with E-state index in [9.17, 15) is 19.2 Å². The van der Waals surface area contributed by atoms with Gasteiger partial charge < -0.3 is 78.4 Å². The molecule has 0 amide bonds. The van der Waals surface area contributed by atoms with E-state index in [2.05, 4.69) is 19.6 Å². The molecule has 1 rings (SSSR count). The Morgan fingerprint density at radius 1 is 0.378 bits per heavy atom. The maximum atomic E-state index is 11.1. The molecular weight excluding hydrogens is 1190 g/mol. The molecule has 0 spiro atoms. The predicted octanol–water partition coefficient (Wildman–Crippen LogP) is -6.27. The first-order valence-electron chi connectivity index (χ1n) is 11.9. The van der Waals surface area contributed by atoms with E-state index >= 15 is 0 Å². The number of aliphatic carboxylic acids is 4. The van der Waals surface area contributed by atoms with Gasteiger partial charge in [-0.2, -0.15) is 0 Å². The molecule has 1 heterocycles. The van der Waals surface area contributed by atoms with Gasteiger partial charge in [-0.05, 0) is 39.0 Å². The van der Waals surface area contributed by atoms with Crippen LogP contribution in [0.1, 0.15) is 38.5 Å². The zero-order valence-electron chi connectivity index (χ0n) is 25.2. The summed E-state index contributed by atoms with van der Waals surface area (Å²) >= 11 is 0. The van der Waals surface area contributed by atoms with Crippen molar-refractivity contribution in [3.63, 3.8) is 0 Å². The fourth-order valence-corrected chi connectivity index (χ4v) is 3.96. The van der Waals surface area contributed by atoms with Crippen LogP contribution in [0.2, 0.25) is 0 Å². The van der Waals surface area contributed by atoms with Crippen LogP contribution in [0.4, 0.5) is 0 Å². The van der Waals surface area contributed by atoms with Crippen molar-refractivity contribution < 1.29 is 238 Å². The molecule has 0 radical (unpaired) electrons. The molecule has 1 fully saturated rings. The molecule has 0 aromatic rings. The van der Waals surface area contributed by atoms with Crippen molar-refractivity contribution in [2.24, 2.45) is 0 Å². The summed E-state index contributed by atoms with van der Waals surface area (Å²) in [7, 11) is 0. The average Bonchev–Trinajstić information content (AvgIpc) is 2.76. The topological polar surface area (TPSA) is 389 Å². The van der Waals surface area contributed by atoms with Crippen molar-refractivity contribution in [1.29, 1.82) is 0 Å². The van der Waals surface area contributed by atoms with Crippen LogP contribution in [0.15, 0.2) is 0 Å². The minimum absolute atomic E-state index is 0. The van der Waals surface area contributed by atoms with Gasteiger partial charge in [0.1, 0.15) is 0 Å². The number of carboxylic acids is 4. The van der Waals surface area contributed by atoms with E-state index in [1.54, 1.807) is 0 Å². The third-order valence-corrected chi connectivity index (χ3v) is 5.93. The number of hydrogen-bond donors (Lipinski definition) is 4. The standard InChI is InChI=1S/C22H40N4O8.4Gd.7H2O/c27-19(28)3-11-23-7-1-8-24(12-4-20(29)30)16-18-26(14-6-22(33)34)10-2-9-25(17-15-23)13-5-21(31)32;;;;;;;;;;;/h1-18H2,(H,27,28)(H,29,30)(H,31,32)(H,33,34);;;;;7*1H2/p+4. The van der Waals surface area contributed by atoms with Gasteiger partial charge in [0.05, 0.1) is 25.7 Å². The van der Waals surface area contributed by atoms with Crippen LogP contribution in [-0.2, 0) is 41.1 Å². The van der Waals surface area contributed by atoms with Gasteiger partial charge in [-0.25, -0.2) is 0 Å². The van der Waals surface area contributed by atoms with Gasteiger partial charge >= 0.3 is 23.9 Å². The predicted molar refractivity (Wildman–Crippen MR) is 154 cm³/mol. The second-order valence-corrected chi connectivity index (χ2v) is 8.65. The van der Waals surface area contributed by atoms with Crippen LogP contribution in [-0.4, -0.2) is 159 Å². The summed E-state index contributed by atoms with van der Waals surface area (Å²) in [5, 5.41) is 36.3. The van der Waals surface area contributed by atoms with Gasteiger partial charge in [-0.1, -0.05) is 0 Å². The van der Waals surface area contributed by atoms with Crippen molar-refractivity contribution >= 4 is 23.9 Å². The summed E-state index contributed by atoms with van der Waals surface area (Å²) < 4.78 is 0. The number of carboxylic acid groups (broad SMARTS) is 4. The fraction of sp³-hybridized carbons (Fsp3) is 0.818. The Morgan fingerprint density at radius 2 is 0.533 bits per heavy atom. The normalized spacial score (nSPS) is 14.2. The summed E-state index contributed by atoms with van der Waals surface area (Å²) in [5.41, 5.74) is 0. The first-order valence-corrected chi connectivity index (χ1v) is 11.9. The van der Waals surface area contributed by atoms with Crippen molar-refractivity contribution in [1.82, 2.24) is 19.6 Å². The Morgan fingerprint density at radius 3 is 0.667 bits per heavy atom. The second kappa shape index (κ2) is 48.9. The maximum absolute atomic E-state index is 11.1.